The molecule has 0 bridgehead atoms. The molecule has 17 heavy (non-hydrogen) atoms. The monoisotopic (exact) mass is 322 g/mol. The average molecular weight is 324 g/mol. The molecule has 1 aliphatic carbocycles. The van der Waals surface area contributed by atoms with E-state index >= 15 is 0 Å². The van der Waals surface area contributed by atoms with Crippen LogP contribution in [0, 0.1) is 5.92 Å². The molecule has 0 aromatic carbocycles. The topological polar surface area (TPSA) is 60.7 Å². The first-order valence-corrected chi connectivity index (χ1v) is 5.25. The summed E-state index contributed by atoms with van der Waals surface area (Å²) < 4.78 is 0. The normalized spacial score (nSPS) is 13.6. The zero-order chi connectivity index (χ0) is 13.9. The summed E-state index contributed by atoms with van der Waals surface area (Å²) >= 11 is 0. The van der Waals surface area contributed by atoms with Crippen LogP contribution < -0.4 is 0 Å². The van der Waals surface area contributed by atoms with Crippen LogP contribution in [0.25, 0.3) is 0 Å². The summed E-state index contributed by atoms with van der Waals surface area (Å²) in [6.07, 6.45) is 0. The Morgan fingerprint density at radius 1 is 0.647 bits per heavy atom. The minimum atomic E-state index is 0. The van der Waals surface area contributed by atoms with Crippen LogP contribution in [0.4, 0.5) is 0 Å². The Morgan fingerprint density at radius 3 is 0.882 bits per heavy atom. The van der Waals surface area contributed by atoms with Gasteiger partial charge in [0, 0.05) is 47.5 Å². The van der Waals surface area contributed by atoms with Gasteiger partial charge in [0.15, 0.2) is 0 Å². The quantitative estimate of drug-likeness (QED) is 0.640. The van der Waals surface area contributed by atoms with Crippen molar-refractivity contribution in [2.75, 3.05) is 21.3 Å². The molecular weight excluding hydrogens is 295 g/mol. The Bertz CT molecular complexity index is 209. The van der Waals surface area contributed by atoms with Crippen molar-refractivity contribution >= 4 is 0 Å². The van der Waals surface area contributed by atoms with Crippen LogP contribution in [-0.4, -0.2) is 36.6 Å². The maximum Gasteiger partial charge on any atom is 0.0319 e. The van der Waals surface area contributed by atoms with E-state index in [0.717, 1.165) is 21.3 Å². The number of hydrogen-bond acceptors (Lipinski definition) is 3. The average Bonchev–Trinajstić information content (AvgIpc) is 2.55. The van der Waals surface area contributed by atoms with Gasteiger partial charge in [-0.05, 0) is 44.8 Å². The molecule has 0 amide bonds. The number of rotatable bonds is 0. The maximum atomic E-state index is 7.00. The first-order chi connectivity index (χ1) is 7.55. The molecule has 0 saturated carbocycles. The van der Waals surface area contributed by atoms with E-state index in [2.05, 4.69) is 34.6 Å². The molecule has 0 heterocycles. The van der Waals surface area contributed by atoms with Crippen LogP contribution >= 0.6 is 0 Å². The minimum absolute atomic E-state index is 0. The van der Waals surface area contributed by atoms with Crippen LogP contribution in [0.3, 0.4) is 0 Å². The number of aliphatic hydroxyl groups is 3. The van der Waals surface area contributed by atoms with Crippen molar-refractivity contribution in [3.8, 4) is 0 Å². The molecule has 3 nitrogen and oxygen atoms in total. The molecule has 0 aromatic rings. The summed E-state index contributed by atoms with van der Waals surface area (Å²) in [5.74, 6) is 0.694. The first kappa shape index (κ1) is 25.9. The summed E-state index contributed by atoms with van der Waals surface area (Å²) in [6, 6.07) is 0. The molecule has 4 heteroatoms. The van der Waals surface area contributed by atoms with Crippen molar-refractivity contribution in [2.45, 2.75) is 34.6 Å². The molecule has 3 N–H and O–H groups in total. The molecule has 0 aliphatic heterocycles. The van der Waals surface area contributed by atoms with Crippen LogP contribution in [0.15, 0.2) is 22.3 Å². The third kappa shape index (κ3) is 8.04. The molecule has 0 fully saturated rings. The van der Waals surface area contributed by atoms with Gasteiger partial charge in [-0.25, -0.2) is 0 Å². The molecule has 0 unspecified atom stereocenters. The molecule has 0 radical (unpaired) electrons. The Hall–Kier alpha value is 0.243. The number of allylic oxidation sites excluding steroid dienone is 4. The van der Waals surface area contributed by atoms with Gasteiger partial charge < -0.3 is 15.3 Å². The zero-order valence-electron chi connectivity index (χ0n) is 12.4. The maximum absolute atomic E-state index is 7.00. The molecule has 1 rings (SSSR count). The fraction of sp³-hybridized carbons (Fsp3) is 0.692. The van der Waals surface area contributed by atoms with Crippen LogP contribution in [-0.2, 0) is 26.2 Å². The molecule has 0 aromatic heterocycles. The van der Waals surface area contributed by atoms with Gasteiger partial charge in [-0.3, -0.25) is 0 Å². The fourth-order valence-electron chi connectivity index (χ4n) is 1.57. The number of hydrogen-bond donors (Lipinski definition) is 3. The zero-order valence-corrected chi connectivity index (χ0v) is 14.9. The molecule has 0 saturated heterocycles. The van der Waals surface area contributed by atoms with Gasteiger partial charge >= 0.3 is 0 Å². The van der Waals surface area contributed by atoms with Crippen LogP contribution in [0.1, 0.15) is 34.6 Å². The Kier molecular flexibility index (Phi) is 24.8. The SMILES string of the molecule is CC1=C(C)C(C)C(C)=C1C.CO.CO.CO.[Zr]. The summed E-state index contributed by atoms with van der Waals surface area (Å²) in [5, 5.41) is 21.0. The third-order valence-corrected chi connectivity index (χ3v) is 3.04. The van der Waals surface area contributed by atoms with Gasteiger partial charge in [-0.2, -0.15) is 0 Å². The third-order valence-electron chi connectivity index (χ3n) is 3.04. The summed E-state index contributed by atoms with van der Waals surface area (Å²) in [7, 11) is 3.00. The largest absolute Gasteiger partial charge is 0.400 e. The van der Waals surface area contributed by atoms with Crippen molar-refractivity contribution in [1.29, 1.82) is 0 Å². The van der Waals surface area contributed by atoms with Gasteiger partial charge in [-0.15, -0.1) is 0 Å². The van der Waals surface area contributed by atoms with E-state index in [1.807, 2.05) is 0 Å². The summed E-state index contributed by atoms with van der Waals surface area (Å²) in [4.78, 5) is 0. The van der Waals surface area contributed by atoms with Crippen molar-refractivity contribution in [3.63, 3.8) is 0 Å². The second-order valence-corrected chi connectivity index (χ2v) is 3.34. The standard InChI is InChI=1S/C10H16.3CH4O.Zr/c1-6-7(2)9(4)10(5)8(6)3;3*1-2;/h6H,1-5H3;3*2H,1H3;. The fourth-order valence-corrected chi connectivity index (χ4v) is 1.57. The van der Waals surface area contributed by atoms with E-state index in [0.29, 0.717) is 5.92 Å². The van der Waals surface area contributed by atoms with Gasteiger partial charge in [-0.1, -0.05) is 18.1 Å². The summed E-state index contributed by atoms with van der Waals surface area (Å²) in [6.45, 7) is 11.2. The Morgan fingerprint density at radius 2 is 0.824 bits per heavy atom. The Labute approximate surface area is 125 Å². The van der Waals surface area contributed by atoms with Gasteiger partial charge in [0.1, 0.15) is 0 Å². The predicted octanol–water partition coefficient (Wildman–Crippen LogP) is 2.13. The van der Waals surface area contributed by atoms with Crippen molar-refractivity contribution < 1.29 is 41.5 Å². The van der Waals surface area contributed by atoms with Crippen LogP contribution in [0.2, 0.25) is 0 Å². The van der Waals surface area contributed by atoms with E-state index in [4.69, 9.17) is 15.3 Å². The molecule has 1 aliphatic rings. The Balaban J connectivity index is -0.000000106. The van der Waals surface area contributed by atoms with E-state index in [1.165, 1.54) is 11.1 Å². The molecule has 0 spiro atoms. The van der Waals surface area contributed by atoms with E-state index in [9.17, 15) is 0 Å². The minimum Gasteiger partial charge on any atom is -0.400 e. The summed E-state index contributed by atoms with van der Waals surface area (Å²) in [5.41, 5.74) is 6.11. The van der Waals surface area contributed by atoms with Gasteiger partial charge in [0.25, 0.3) is 0 Å². The van der Waals surface area contributed by atoms with E-state index < -0.39 is 0 Å². The van der Waals surface area contributed by atoms with Gasteiger partial charge in [0.2, 0.25) is 0 Å². The second kappa shape index (κ2) is 16.2. The van der Waals surface area contributed by atoms with Crippen LogP contribution in [0.5, 0.6) is 0 Å². The van der Waals surface area contributed by atoms with Crippen molar-refractivity contribution in [1.82, 2.24) is 0 Å². The first-order valence-electron chi connectivity index (χ1n) is 5.25. The number of aliphatic hydroxyl groups excluding tert-OH is 3. The van der Waals surface area contributed by atoms with E-state index in [-0.39, 0.29) is 26.2 Å². The molecule has 102 valence electrons. The smallest absolute Gasteiger partial charge is 0.0319 e. The second-order valence-electron chi connectivity index (χ2n) is 3.34. The molecule has 0 atom stereocenters. The van der Waals surface area contributed by atoms with Crippen molar-refractivity contribution in [3.05, 3.63) is 22.3 Å². The van der Waals surface area contributed by atoms with Gasteiger partial charge in [0.05, 0.1) is 0 Å². The predicted molar refractivity (Wildman–Crippen MR) is 70.3 cm³/mol. The van der Waals surface area contributed by atoms with E-state index in [1.54, 1.807) is 11.1 Å². The molecular formula is C13H28O3Zr. The van der Waals surface area contributed by atoms with Crippen molar-refractivity contribution in [2.24, 2.45) is 5.92 Å².